The van der Waals surface area contributed by atoms with Crippen molar-refractivity contribution in [2.24, 2.45) is 0 Å². The Balaban J connectivity index is 1.70. The van der Waals surface area contributed by atoms with Gasteiger partial charge in [0.15, 0.2) is 11.5 Å². The van der Waals surface area contributed by atoms with E-state index in [0.29, 0.717) is 24.0 Å². The number of para-hydroxylation sites is 1. The van der Waals surface area contributed by atoms with E-state index < -0.39 is 0 Å². The lowest BCUT2D eigenvalue weighted by molar-refractivity contribution is 0.0557. The maximum Gasteiger partial charge on any atom is 0.275 e. The lowest BCUT2D eigenvalue weighted by Crippen LogP contribution is -2.39. The van der Waals surface area contributed by atoms with E-state index in [0.717, 1.165) is 30.2 Å². The standard InChI is InChI=1S/C16H17N5O2/c1-10-17-15(23-20-10)13-8-4-5-9-21(13)16(22)14-11-6-2-3-7-12(11)18-19-14/h2-3,6-7,13H,4-5,8-9H2,1H3,(H,18,19)/t13-/m0/s1. The Kier molecular flexibility index (Phi) is 3.33. The minimum Gasteiger partial charge on any atom is -0.337 e. The number of aromatic amines is 1. The van der Waals surface area contributed by atoms with Crippen molar-refractivity contribution in [1.82, 2.24) is 25.2 Å². The van der Waals surface area contributed by atoms with Gasteiger partial charge < -0.3 is 9.42 Å². The van der Waals surface area contributed by atoms with Gasteiger partial charge in [-0.1, -0.05) is 23.4 Å². The van der Waals surface area contributed by atoms with Gasteiger partial charge >= 0.3 is 0 Å². The molecule has 0 spiro atoms. The number of aryl methyl sites for hydroxylation is 1. The number of benzene rings is 1. The molecule has 1 aliphatic heterocycles. The molecule has 3 heterocycles. The largest absolute Gasteiger partial charge is 0.337 e. The zero-order valence-electron chi connectivity index (χ0n) is 12.8. The van der Waals surface area contributed by atoms with Crippen LogP contribution in [0.4, 0.5) is 0 Å². The van der Waals surface area contributed by atoms with Gasteiger partial charge in [-0.3, -0.25) is 9.89 Å². The second-order valence-corrected chi connectivity index (χ2v) is 5.81. The van der Waals surface area contributed by atoms with Gasteiger partial charge in [0.1, 0.15) is 6.04 Å². The third-order valence-corrected chi connectivity index (χ3v) is 4.26. The van der Waals surface area contributed by atoms with E-state index in [4.69, 9.17) is 4.52 Å². The summed E-state index contributed by atoms with van der Waals surface area (Å²) in [7, 11) is 0. The van der Waals surface area contributed by atoms with Gasteiger partial charge in [0, 0.05) is 11.9 Å². The predicted molar refractivity (Wildman–Crippen MR) is 82.8 cm³/mol. The molecule has 118 valence electrons. The molecular weight excluding hydrogens is 294 g/mol. The first-order valence-electron chi connectivity index (χ1n) is 7.78. The van der Waals surface area contributed by atoms with Crippen molar-refractivity contribution in [3.63, 3.8) is 0 Å². The third kappa shape index (κ3) is 2.38. The Bertz CT molecular complexity index is 853. The fourth-order valence-electron chi connectivity index (χ4n) is 3.14. The molecule has 4 rings (SSSR count). The lowest BCUT2D eigenvalue weighted by atomic mass is 10.0. The smallest absolute Gasteiger partial charge is 0.275 e. The molecule has 1 amide bonds. The van der Waals surface area contributed by atoms with Gasteiger partial charge in [-0.25, -0.2) is 0 Å². The second kappa shape index (κ2) is 5.49. The van der Waals surface area contributed by atoms with E-state index in [2.05, 4.69) is 20.3 Å². The maximum absolute atomic E-state index is 13.0. The minimum atomic E-state index is -0.173. The van der Waals surface area contributed by atoms with E-state index in [-0.39, 0.29) is 11.9 Å². The highest BCUT2D eigenvalue weighted by atomic mass is 16.5. The minimum absolute atomic E-state index is 0.0944. The Labute approximate surface area is 132 Å². The number of hydrogen-bond acceptors (Lipinski definition) is 5. The normalized spacial score (nSPS) is 18.5. The molecule has 0 bridgehead atoms. The van der Waals surface area contributed by atoms with E-state index in [9.17, 15) is 4.79 Å². The van der Waals surface area contributed by atoms with Crippen molar-refractivity contribution in [2.75, 3.05) is 6.54 Å². The number of piperidine rings is 1. The van der Waals surface area contributed by atoms with Gasteiger partial charge in [0.25, 0.3) is 5.91 Å². The third-order valence-electron chi connectivity index (χ3n) is 4.26. The van der Waals surface area contributed by atoms with Crippen LogP contribution in [-0.2, 0) is 0 Å². The number of nitrogens with zero attached hydrogens (tertiary/aromatic N) is 4. The molecule has 7 heteroatoms. The van der Waals surface area contributed by atoms with Crippen LogP contribution in [0.25, 0.3) is 10.9 Å². The van der Waals surface area contributed by atoms with E-state index >= 15 is 0 Å². The number of fused-ring (bicyclic) bond motifs is 1. The topological polar surface area (TPSA) is 87.9 Å². The molecule has 0 unspecified atom stereocenters. The highest BCUT2D eigenvalue weighted by Crippen LogP contribution is 2.31. The quantitative estimate of drug-likeness (QED) is 0.786. The number of nitrogens with one attached hydrogen (secondary N) is 1. The molecule has 1 aromatic carbocycles. The first-order chi connectivity index (χ1) is 11.2. The molecular formula is C16H17N5O2. The average molecular weight is 311 g/mol. The number of carbonyl (C=O) groups excluding carboxylic acids is 1. The number of likely N-dealkylation sites (tertiary alicyclic amines) is 1. The molecule has 23 heavy (non-hydrogen) atoms. The summed E-state index contributed by atoms with van der Waals surface area (Å²) >= 11 is 0. The van der Waals surface area contributed by atoms with Crippen LogP contribution >= 0.6 is 0 Å². The van der Waals surface area contributed by atoms with Crippen molar-refractivity contribution in [3.05, 3.63) is 41.7 Å². The van der Waals surface area contributed by atoms with Gasteiger partial charge in [-0.2, -0.15) is 10.1 Å². The van der Waals surface area contributed by atoms with Crippen molar-refractivity contribution in [1.29, 1.82) is 0 Å². The SMILES string of the molecule is Cc1noc([C@@H]2CCCCN2C(=O)c2n[nH]c3ccccc23)n1. The summed E-state index contributed by atoms with van der Waals surface area (Å²) in [5.74, 6) is 1.00. The Morgan fingerprint density at radius 3 is 3.04 bits per heavy atom. The van der Waals surface area contributed by atoms with Crippen molar-refractivity contribution in [3.8, 4) is 0 Å². The predicted octanol–water partition coefficient (Wildman–Crippen LogP) is 2.62. The van der Waals surface area contributed by atoms with Crippen molar-refractivity contribution >= 4 is 16.8 Å². The molecule has 1 fully saturated rings. The van der Waals surface area contributed by atoms with Crippen LogP contribution in [0.3, 0.4) is 0 Å². The molecule has 7 nitrogen and oxygen atoms in total. The van der Waals surface area contributed by atoms with Crippen molar-refractivity contribution in [2.45, 2.75) is 32.2 Å². The molecule has 1 atom stereocenters. The van der Waals surface area contributed by atoms with Gasteiger partial charge in [-0.15, -0.1) is 0 Å². The van der Waals surface area contributed by atoms with Crippen LogP contribution in [0.1, 0.15) is 47.5 Å². The maximum atomic E-state index is 13.0. The summed E-state index contributed by atoms with van der Waals surface area (Å²) in [4.78, 5) is 19.1. The van der Waals surface area contributed by atoms with Gasteiger partial charge in [0.05, 0.1) is 5.52 Å². The van der Waals surface area contributed by atoms with Crippen LogP contribution in [0.2, 0.25) is 0 Å². The number of H-pyrrole nitrogens is 1. The Morgan fingerprint density at radius 1 is 1.35 bits per heavy atom. The summed E-state index contributed by atoms with van der Waals surface area (Å²) in [5, 5.41) is 11.8. The summed E-state index contributed by atoms with van der Waals surface area (Å²) in [5.41, 5.74) is 1.31. The van der Waals surface area contributed by atoms with E-state index in [1.807, 2.05) is 24.3 Å². The zero-order valence-corrected chi connectivity index (χ0v) is 12.8. The average Bonchev–Trinajstić information content (AvgIpc) is 3.20. The molecule has 3 aromatic rings. The van der Waals surface area contributed by atoms with Crippen LogP contribution in [0.5, 0.6) is 0 Å². The zero-order chi connectivity index (χ0) is 15.8. The molecule has 2 aromatic heterocycles. The van der Waals surface area contributed by atoms with Crippen LogP contribution in [-0.4, -0.2) is 37.7 Å². The van der Waals surface area contributed by atoms with Crippen LogP contribution in [0, 0.1) is 6.92 Å². The molecule has 1 saturated heterocycles. The lowest BCUT2D eigenvalue weighted by Gasteiger charge is -2.32. The van der Waals surface area contributed by atoms with Gasteiger partial charge in [-0.05, 0) is 32.3 Å². The summed E-state index contributed by atoms with van der Waals surface area (Å²) < 4.78 is 5.31. The Morgan fingerprint density at radius 2 is 2.22 bits per heavy atom. The number of aromatic nitrogens is 4. The monoisotopic (exact) mass is 311 g/mol. The summed E-state index contributed by atoms with van der Waals surface area (Å²) in [6, 6.07) is 7.47. The summed E-state index contributed by atoms with van der Waals surface area (Å²) in [6.07, 6.45) is 2.84. The summed E-state index contributed by atoms with van der Waals surface area (Å²) in [6.45, 7) is 2.45. The van der Waals surface area contributed by atoms with Crippen molar-refractivity contribution < 1.29 is 9.32 Å². The first kappa shape index (κ1) is 13.9. The van der Waals surface area contributed by atoms with Gasteiger partial charge in [0.2, 0.25) is 5.89 Å². The van der Waals surface area contributed by atoms with E-state index in [1.54, 1.807) is 11.8 Å². The fourth-order valence-corrected chi connectivity index (χ4v) is 3.14. The number of amides is 1. The fraction of sp³-hybridized carbons (Fsp3) is 0.375. The highest BCUT2D eigenvalue weighted by molar-refractivity contribution is 6.04. The molecule has 0 aliphatic carbocycles. The van der Waals surface area contributed by atoms with Crippen LogP contribution in [0.15, 0.2) is 28.8 Å². The second-order valence-electron chi connectivity index (χ2n) is 5.81. The van der Waals surface area contributed by atoms with Crippen LogP contribution < -0.4 is 0 Å². The molecule has 0 radical (unpaired) electrons. The Hall–Kier alpha value is -2.70. The first-order valence-corrected chi connectivity index (χ1v) is 7.78. The molecule has 1 N–H and O–H groups in total. The molecule has 0 saturated carbocycles. The number of hydrogen-bond donors (Lipinski definition) is 1. The van der Waals surface area contributed by atoms with E-state index in [1.165, 1.54) is 0 Å². The molecule has 1 aliphatic rings. The number of rotatable bonds is 2. The highest BCUT2D eigenvalue weighted by Gasteiger charge is 2.34. The number of carbonyl (C=O) groups is 1.